The molecule has 2 rings (SSSR count). The zero-order valence-corrected chi connectivity index (χ0v) is 9.02. The van der Waals surface area contributed by atoms with Crippen molar-refractivity contribution in [2.45, 2.75) is 12.5 Å². The Balaban J connectivity index is 2.22. The van der Waals surface area contributed by atoms with Crippen molar-refractivity contribution >= 4 is 17.7 Å². The molecule has 0 spiro atoms. The van der Waals surface area contributed by atoms with Crippen molar-refractivity contribution in [2.75, 3.05) is 11.5 Å². The third kappa shape index (κ3) is 2.50. The Morgan fingerprint density at radius 3 is 3.00 bits per heavy atom. The van der Waals surface area contributed by atoms with Crippen LogP contribution in [-0.2, 0) is 4.79 Å². The minimum absolute atomic E-state index is 0.00764. The van der Waals surface area contributed by atoms with Gasteiger partial charge in [0, 0.05) is 23.5 Å². The number of amides is 1. The monoisotopic (exact) mass is 225 g/mol. The van der Waals surface area contributed by atoms with E-state index in [0.717, 1.165) is 11.5 Å². The first kappa shape index (κ1) is 10.5. The molecule has 1 aliphatic rings. The molecule has 2 nitrogen and oxygen atoms in total. The van der Waals surface area contributed by atoms with Gasteiger partial charge >= 0.3 is 0 Å². The molecule has 4 heteroatoms. The van der Waals surface area contributed by atoms with Crippen molar-refractivity contribution in [1.29, 1.82) is 0 Å². The minimum atomic E-state index is -0.245. The number of carbonyl (C=O) groups excluding carboxylic acids is 1. The Morgan fingerprint density at radius 2 is 2.20 bits per heavy atom. The number of thioether (sulfide) groups is 1. The van der Waals surface area contributed by atoms with Gasteiger partial charge in [-0.25, -0.2) is 4.39 Å². The van der Waals surface area contributed by atoms with Gasteiger partial charge in [0.05, 0.1) is 6.04 Å². The van der Waals surface area contributed by atoms with E-state index in [1.54, 1.807) is 30.0 Å². The van der Waals surface area contributed by atoms with Crippen LogP contribution in [0.5, 0.6) is 0 Å². The number of nitrogens with one attached hydrogen (secondary N) is 1. The molecule has 15 heavy (non-hydrogen) atoms. The molecule has 0 aliphatic carbocycles. The Labute approximate surface area is 92.3 Å². The molecule has 0 saturated carbocycles. The Morgan fingerprint density at radius 1 is 1.40 bits per heavy atom. The first-order valence-corrected chi connectivity index (χ1v) is 6.04. The number of carbonyl (C=O) groups is 1. The van der Waals surface area contributed by atoms with Crippen molar-refractivity contribution in [3.8, 4) is 0 Å². The average Bonchev–Trinajstić information content (AvgIpc) is 2.43. The van der Waals surface area contributed by atoms with Gasteiger partial charge in [0.1, 0.15) is 5.82 Å². The maximum Gasteiger partial charge on any atom is 0.221 e. The topological polar surface area (TPSA) is 29.1 Å². The van der Waals surface area contributed by atoms with Crippen LogP contribution in [0.4, 0.5) is 4.39 Å². The molecule has 1 saturated heterocycles. The molecular weight excluding hydrogens is 213 g/mol. The summed E-state index contributed by atoms with van der Waals surface area (Å²) in [5, 5.41) is 2.84. The molecule has 1 aromatic carbocycles. The van der Waals surface area contributed by atoms with Gasteiger partial charge in [0.15, 0.2) is 0 Å². The summed E-state index contributed by atoms with van der Waals surface area (Å²) in [5.74, 6) is 1.32. The summed E-state index contributed by atoms with van der Waals surface area (Å²) >= 11 is 1.68. The highest BCUT2D eigenvalue weighted by Crippen LogP contribution is 2.23. The Bertz CT molecular complexity index is 369. The fourth-order valence-electron chi connectivity index (χ4n) is 1.60. The summed E-state index contributed by atoms with van der Waals surface area (Å²) in [7, 11) is 0. The predicted molar refractivity (Wildman–Crippen MR) is 59.2 cm³/mol. The standard InChI is InChI=1S/C11H12FNOS/c12-9-4-2-1-3-8(9)10-7-15-6-5-11(14)13-10/h1-4,10H,5-7H2,(H,13,14). The van der Waals surface area contributed by atoms with Gasteiger partial charge in [-0.2, -0.15) is 11.8 Å². The number of halogens is 1. The summed E-state index contributed by atoms with van der Waals surface area (Å²) in [6, 6.07) is 6.42. The van der Waals surface area contributed by atoms with Crippen LogP contribution in [0.3, 0.4) is 0 Å². The van der Waals surface area contributed by atoms with Crippen LogP contribution >= 0.6 is 11.8 Å². The predicted octanol–water partition coefficient (Wildman–Crippen LogP) is 2.12. The number of hydrogen-bond donors (Lipinski definition) is 1. The van der Waals surface area contributed by atoms with Crippen LogP contribution in [0.25, 0.3) is 0 Å². The number of rotatable bonds is 1. The summed E-state index contributed by atoms with van der Waals surface area (Å²) in [4.78, 5) is 11.3. The third-order valence-corrected chi connectivity index (χ3v) is 3.44. The average molecular weight is 225 g/mol. The molecule has 0 bridgehead atoms. The highest BCUT2D eigenvalue weighted by atomic mass is 32.2. The number of hydrogen-bond acceptors (Lipinski definition) is 2. The second-order valence-electron chi connectivity index (χ2n) is 3.47. The quantitative estimate of drug-likeness (QED) is 0.793. The van der Waals surface area contributed by atoms with Crippen LogP contribution < -0.4 is 5.32 Å². The molecule has 1 N–H and O–H groups in total. The molecule has 1 atom stereocenters. The maximum atomic E-state index is 13.5. The third-order valence-electron chi connectivity index (χ3n) is 2.37. The SMILES string of the molecule is O=C1CCSCC(c2ccccc2F)N1. The van der Waals surface area contributed by atoms with Gasteiger partial charge < -0.3 is 5.32 Å². The lowest BCUT2D eigenvalue weighted by Crippen LogP contribution is -2.28. The fourth-order valence-corrected chi connectivity index (χ4v) is 2.59. The van der Waals surface area contributed by atoms with Crippen molar-refractivity contribution < 1.29 is 9.18 Å². The van der Waals surface area contributed by atoms with Crippen LogP contribution in [0, 0.1) is 5.82 Å². The van der Waals surface area contributed by atoms with Crippen molar-refractivity contribution in [3.05, 3.63) is 35.6 Å². The smallest absolute Gasteiger partial charge is 0.221 e. The summed E-state index contributed by atoms with van der Waals surface area (Å²) in [6.45, 7) is 0. The Kier molecular flexibility index (Phi) is 3.26. The highest BCUT2D eigenvalue weighted by Gasteiger charge is 2.20. The van der Waals surface area contributed by atoms with Crippen LogP contribution in [0.1, 0.15) is 18.0 Å². The molecule has 80 valence electrons. The lowest BCUT2D eigenvalue weighted by Gasteiger charge is -2.16. The van der Waals surface area contributed by atoms with E-state index in [2.05, 4.69) is 5.32 Å². The van der Waals surface area contributed by atoms with Gasteiger partial charge in [0.25, 0.3) is 0 Å². The molecule has 1 aliphatic heterocycles. The molecule has 1 heterocycles. The van der Waals surface area contributed by atoms with Crippen molar-refractivity contribution in [2.24, 2.45) is 0 Å². The zero-order valence-electron chi connectivity index (χ0n) is 8.20. The zero-order chi connectivity index (χ0) is 10.7. The lowest BCUT2D eigenvalue weighted by molar-refractivity contribution is -0.121. The number of benzene rings is 1. The van der Waals surface area contributed by atoms with E-state index in [1.165, 1.54) is 6.07 Å². The lowest BCUT2D eigenvalue weighted by atomic mass is 10.1. The molecular formula is C11H12FNOS. The fraction of sp³-hybridized carbons (Fsp3) is 0.364. The van der Waals surface area contributed by atoms with E-state index < -0.39 is 0 Å². The van der Waals surface area contributed by atoms with Crippen LogP contribution in [0.15, 0.2) is 24.3 Å². The highest BCUT2D eigenvalue weighted by molar-refractivity contribution is 7.99. The first-order valence-electron chi connectivity index (χ1n) is 4.89. The van der Waals surface area contributed by atoms with Crippen LogP contribution in [0.2, 0.25) is 0 Å². The largest absolute Gasteiger partial charge is 0.348 e. The van der Waals surface area contributed by atoms with Gasteiger partial charge in [-0.05, 0) is 6.07 Å². The summed E-state index contributed by atoms with van der Waals surface area (Å²) in [6.07, 6.45) is 0.523. The molecule has 0 aromatic heterocycles. The molecule has 1 aromatic rings. The van der Waals surface area contributed by atoms with E-state index in [-0.39, 0.29) is 17.8 Å². The molecule has 1 unspecified atom stereocenters. The summed E-state index contributed by atoms with van der Waals surface area (Å²) in [5.41, 5.74) is 0.584. The maximum absolute atomic E-state index is 13.5. The van der Waals surface area contributed by atoms with Gasteiger partial charge in [-0.3, -0.25) is 4.79 Å². The van der Waals surface area contributed by atoms with E-state index in [1.807, 2.05) is 0 Å². The van der Waals surface area contributed by atoms with Crippen LogP contribution in [-0.4, -0.2) is 17.4 Å². The van der Waals surface area contributed by atoms with Gasteiger partial charge in [0.2, 0.25) is 5.91 Å². The normalized spacial score (nSPS) is 21.9. The molecule has 1 amide bonds. The first-order chi connectivity index (χ1) is 7.27. The van der Waals surface area contributed by atoms with E-state index in [9.17, 15) is 9.18 Å². The van der Waals surface area contributed by atoms with E-state index in [4.69, 9.17) is 0 Å². The minimum Gasteiger partial charge on any atom is -0.348 e. The summed E-state index contributed by atoms with van der Waals surface area (Å²) < 4.78 is 13.5. The Hall–Kier alpha value is -1.03. The second kappa shape index (κ2) is 4.66. The van der Waals surface area contributed by atoms with Gasteiger partial charge in [-0.15, -0.1) is 0 Å². The van der Waals surface area contributed by atoms with Gasteiger partial charge in [-0.1, -0.05) is 18.2 Å². The van der Waals surface area contributed by atoms with E-state index in [0.29, 0.717) is 12.0 Å². The van der Waals surface area contributed by atoms with E-state index >= 15 is 0 Å². The molecule has 1 fully saturated rings. The van der Waals surface area contributed by atoms with Crippen molar-refractivity contribution in [3.63, 3.8) is 0 Å². The molecule has 0 radical (unpaired) electrons. The second-order valence-corrected chi connectivity index (χ2v) is 4.62. The van der Waals surface area contributed by atoms with Crippen molar-refractivity contribution in [1.82, 2.24) is 5.32 Å².